The number of aliphatic imine (C=N–C) groups is 1. The van der Waals surface area contributed by atoms with Crippen LogP contribution in [0.2, 0.25) is 0 Å². The third-order valence-corrected chi connectivity index (χ3v) is 6.76. The topological polar surface area (TPSA) is 131 Å². The van der Waals surface area contributed by atoms with Gasteiger partial charge in [-0.3, -0.25) is 4.79 Å². The molecule has 1 heterocycles. The highest BCUT2D eigenvalue weighted by Crippen LogP contribution is 2.30. The molecule has 8 nitrogen and oxygen atoms in total. The molecule has 8 heteroatoms. The lowest BCUT2D eigenvalue weighted by atomic mass is 9.82. The van der Waals surface area contributed by atoms with Crippen molar-refractivity contribution in [1.29, 1.82) is 0 Å². The Hall–Kier alpha value is -3.34. The van der Waals surface area contributed by atoms with E-state index < -0.39 is 5.54 Å². The normalized spacial score (nSPS) is 22.2. The third-order valence-electron chi connectivity index (χ3n) is 6.76. The highest BCUT2D eigenvalue weighted by molar-refractivity contribution is 5.97. The SMILES string of the molecule is C#CC1(NC(=O)c2nc(NC3CCCCC3N=C(N)N)c3cc(C)ccc3n2)CCCCC1. The van der Waals surface area contributed by atoms with E-state index in [1.54, 1.807) is 0 Å². The number of nitrogens with zero attached hydrogens (tertiary/aromatic N) is 3. The Morgan fingerprint density at radius 3 is 2.64 bits per heavy atom. The standard InChI is InChI=1S/C25H33N7O/c1-3-25(13-7-4-8-14-25)32-23(33)22-28-18-12-11-16(2)15-17(18)21(31-22)29-19-9-5-6-10-20(19)30-24(26)27/h1,11-12,15,19-20H,4-10,13-14H2,2H3,(H,32,33)(H4,26,27,30)(H,28,29,31). The lowest BCUT2D eigenvalue weighted by Gasteiger charge is -2.33. The fraction of sp³-hybridized carbons (Fsp3) is 0.520. The molecule has 2 aliphatic carbocycles. The van der Waals surface area contributed by atoms with E-state index in [4.69, 9.17) is 17.9 Å². The van der Waals surface area contributed by atoms with Crippen LogP contribution in [0.4, 0.5) is 5.82 Å². The number of rotatable bonds is 5. The second-order valence-electron chi connectivity index (χ2n) is 9.31. The number of guanidine groups is 1. The van der Waals surface area contributed by atoms with Gasteiger partial charge in [0, 0.05) is 5.39 Å². The van der Waals surface area contributed by atoms with Crippen LogP contribution in [0.25, 0.3) is 10.9 Å². The maximum absolute atomic E-state index is 13.2. The van der Waals surface area contributed by atoms with Gasteiger partial charge in [-0.05, 0) is 44.7 Å². The van der Waals surface area contributed by atoms with E-state index in [0.29, 0.717) is 11.3 Å². The van der Waals surface area contributed by atoms with Gasteiger partial charge in [-0.15, -0.1) is 6.42 Å². The van der Waals surface area contributed by atoms with Crippen LogP contribution < -0.4 is 22.1 Å². The zero-order chi connectivity index (χ0) is 23.4. The van der Waals surface area contributed by atoms with E-state index in [-0.39, 0.29) is 29.8 Å². The van der Waals surface area contributed by atoms with Crippen molar-refractivity contribution in [2.45, 2.75) is 82.3 Å². The van der Waals surface area contributed by atoms with Crippen molar-refractivity contribution in [2.24, 2.45) is 16.5 Å². The maximum atomic E-state index is 13.2. The van der Waals surface area contributed by atoms with Crippen LogP contribution >= 0.6 is 0 Å². The van der Waals surface area contributed by atoms with Crippen molar-refractivity contribution < 1.29 is 4.79 Å². The minimum atomic E-state index is -0.629. The molecular weight excluding hydrogens is 414 g/mol. The summed E-state index contributed by atoms with van der Waals surface area (Å²) in [6, 6.07) is 5.91. The molecule has 0 spiro atoms. The molecule has 2 aliphatic rings. The molecule has 0 bridgehead atoms. The zero-order valence-electron chi connectivity index (χ0n) is 19.2. The largest absolute Gasteiger partial charge is 0.370 e. The van der Waals surface area contributed by atoms with E-state index >= 15 is 0 Å². The number of hydrogen-bond acceptors (Lipinski definition) is 5. The van der Waals surface area contributed by atoms with Gasteiger partial charge < -0.3 is 22.1 Å². The van der Waals surface area contributed by atoms with Crippen LogP contribution in [-0.4, -0.2) is 39.5 Å². The van der Waals surface area contributed by atoms with E-state index in [1.165, 1.54) is 0 Å². The molecule has 0 saturated heterocycles. The fourth-order valence-corrected chi connectivity index (χ4v) is 4.99. The number of nitrogens with two attached hydrogens (primary N) is 2. The van der Waals surface area contributed by atoms with E-state index in [9.17, 15) is 4.79 Å². The minimum Gasteiger partial charge on any atom is -0.370 e. The molecular formula is C25H33N7O. The van der Waals surface area contributed by atoms with Crippen molar-refractivity contribution in [2.75, 3.05) is 5.32 Å². The van der Waals surface area contributed by atoms with Gasteiger partial charge in [-0.1, -0.05) is 49.7 Å². The molecule has 1 amide bonds. The molecule has 2 atom stereocenters. The van der Waals surface area contributed by atoms with Gasteiger partial charge in [0.15, 0.2) is 5.96 Å². The number of terminal acetylenes is 1. The summed E-state index contributed by atoms with van der Waals surface area (Å²) in [4.78, 5) is 26.9. The van der Waals surface area contributed by atoms with Crippen LogP contribution in [0.15, 0.2) is 23.2 Å². The molecule has 33 heavy (non-hydrogen) atoms. The molecule has 1 aromatic carbocycles. The Morgan fingerprint density at radius 2 is 1.91 bits per heavy atom. The van der Waals surface area contributed by atoms with Gasteiger partial charge in [-0.25, -0.2) is 15.0 Å². The summed E-state index contributed by atoms with van der Waals surface area (Å²) in [6.07, 6.45) is 14.5. The molecule has 2 unspecified atom stereocenters. The minimum absolute atomic E-state index is 0.0192. The molecule has 1 aromatic heterocycles. The Bertz CT molecular complexity index is 1090. The van der Waals surface area contributed by atoms with Crippen molar-refractivity contribution >= 4 is 28.6 Å². The summed E-state index contributed by atoms with van der Waals surface area (Å²) in [7, 11) is 0. The first-order valence-corrected chi connectivity index (χ1v) is 11.8. The van der Waals surface area contributed by atoms with Crippen LogP contribution in [-0.2, 0) is 0 Å². The summed E-state index contributed by atoms with van der Waals surface area (Å²) < 4.78 is 0. The van der Waals surface area contributed by atoms with Gasteiger partial charge in [-0.2, -0.15) is 0 Å². The number of benzene rings is 1. The number of anilines is 1. The number of carbonyl (C=O) groups excluding carboxylic acids is 1. The smallest absolute Gasteiger partial charge is 0.290 e. The summed E-state index contributed by atoms with van der Waals surface area (Å²) in [5.74, 6) is 3.30. The Kier molecular flexibility index (Phi) is 6.68. The van der Waals surface area contributed by atoms with Crippen molar-refractivity contribution in [3.8, 4) is 12.3 Å². The van der Waals surface area contributed by atoms with Crippen LogP contribution in [0.1, 0.15) is 74.0 Å². The summed E-state index contributed by atoms with van der Waals surface area (Å²) in [5, 5.41) is 7.46. The third kappa shape index (κ3) is 5.19. The first-order valence-electron chi connectivity index (χ1n) is 11.8. The quantitative estimate of drug-likeness (QED) is 0.317. The number of aryl methyl sites for hydroxylation is 1. The number of fused-ring (bicyclic) bond motifs is 1. The molecule has 6 N–H and O–H groups in total. The second kappa shape index (κ2) is 9.65. The number of aromatic nitrogens is 2. The Balaban J connectivity index is 1.68. The second-order valence-corrected chi connectivity index (χ2v) is 9.31. The van der Waals surface area contributed by atoms with Crippen molar-refractivity contribution in [1.82, 2.24) is 15.3 Å². The fourth-order valence-electron chi connectivity index (χ4n) is 4.99. The van der Waals surface area contributed by atoms with Crippen LogP contribution in [0, 0.1) is 19.3 Å². The predicted octanol–water partition coefficient (Wildman–Crippen LogP) is 3.00. The molecule has 0 radical (unpaired) electrons. The average molecular weight is 448 g/mol. The number of nitrogens with one attached hydrogen (secondary N) is 2. The number of carbonyl (C=O) groups is 1. The van der Waals surface area contributed by atoms with Gasteiger partial charge >= 0.3 is 0 Å². The van der Waals surface area contributed by atoms with E-state index in [0.717, 1.165) is 68.7 Å². The maximum Gasteiger partial charge on any atom is 0.290 e. The first kappa shape index (κ1) is 22.8. The zero-order valence-corrected chi connectivity index (χ0v) is 19.2. The van der Waals surface area contributed by atoms with Crippen LogP contribution in [0.5, 0.6) is 0 Å². The first-order chi connectivity index (χ1) is 15.9. The summed E-state index contributed by atoms with van der Waals surface area (Å²) >= 11 is 0. The van der Waals surface area contributed by atoms with E-state index in [1.807, 2.05) is 25.1 Å². The van der Waals surface area contributed by atoms with Crippen molar-refractivity contribution in [3.63, 3.8) is 0 Å². The van der Waals surface area contributed by atoms with Gasteiger partial charge in [0.05, 0.1) is 17.6 Å². The molecule has 4 rings (SSSR count). The van der Waals surface area contributed by atoms with Gasteiger partial charge in [0.1, 0.15) is 11.4 Å². The van der Waals surface area contributed by atoms with Gasteiger partial charge in [0.2, 0.25) is 5.82 Å². The molecule has 174 valence electrons. The highest BCUT2D eigenvalue weighted by atomic mass is 16.2. The molecule has 2 saturated carbocycles. The molecule has 2 aromatic rings. The number of hydrogen-bond donors (Lipinski definition) is 4. The van der Waals surface area contributed by atoms with Gasteiger partial charge in [0.25, 0.3) is 5.91 Å². The number of amides is 1. The molecule has 0 aliphatic heterocycles. The lowest BCUT2D eigenvalue weighted by molar-refractivity contribution is 0.0893. The summed E-state index contributed by atoms with van der Waals surface area (Å²) in [6.45, 7) is 2.02. The summed E-state index contributed by atoms with van der Waals surface area (Å²) in [5.41, 5.74) is 12.5. The predicted molar refractivity (Wildman–Crippen MR) is 132 cm³/mol. The Morgan fingerprint density at radius 1 is 1.15 bits per heavy atom. The Labute approximate surface area is 195 Å². The van der Waals surface area contributed by atoms with Crippen LogP contribution in [0.3, 0.4) is 0 Å². The average Bonchev–Trinajstić information content (AvgIpc) is 2.80. The lowest BCUT2D eigenvalue weighted by Crippen LogP contribution is -2.49. The van der Waals surface area contributed by atoms with E-state index in [2.05, 4.69) is 31.5 Å². The molecule has 2 fully saturated rings. The van der Waals surface area contributed by atoms with Crippen molar-refractivity contribution in [3.05, 3.63) is 29.6 Å². The highest BCUT2D eigenvalue weighted by Gasteiger charge is 2.33. The monoisotopic (exact) mass is 447 g/mol.